The van der Waals surface area contributed by atoms with E-state index in [-0.39, 0.29) is 0 Å². The number of allylic oxidation sites excluding steroid dienone is 4. The van der Waals surface area contributed by atoms with Gasteiger partial charge in [-0.3, -0.25) is 0 Å². The highest BCUT2D eigenvalue weighted by molar-refractivity contribution is 5.20. The van der Waals surface area contributed by atoms with E-state index in [2.05, 4.69) is 24.0 Å². The smallest absolute Gasteiger partial charge is 0.0386 e. The summed E-state index contributed by atoms with van der Waals surface area (Å²) in [5.74, 6) is 6.74. The van der Waals surface area contributed by atoms with Crippen molar-refractivity contribution in [2.75, 3.05) is 0 Å². The van der Waals surface area contributed by atoms with Crippen molar-refractivity contribution < 1.29 is 0 Å². The molecule has 0 spiro atoms. The molecule has 1 rings (SSSR count). The van der Waals surface area contributed by atoms with Crippen LogP contribution >= 0.6 is 0 Å². The van der Waals surface area contributed by atoms with Crippen molar-refractivity contribution in [1.82, 2.24) is 0 Å². The Hall–Kier alpha value is -0.960. The van der Waals surface area contributed by atoms with Crippen LogP contribution in [0.4, 0.5) is 0 Å². The Bertz CT molecular complexity index is 210. The number of rotatable bonds is 0. The second-order valence-electron chi connectivity index (χ2n) is 2.75. The molecule has 11 heavy (non-hydrogen) atoms. The Balaban J connectivity index is 2.43. The fraction of sp³-hybridized carbons (Fsp3) is 0.455. The van der Waals surface area contributed by atoms with E-state index < -0.39 is 0 Å². The maximum absolute atomic E-state index is 3.20. The van der Waals surface area contributed by atoms with Gasteiger partial charge >= 0.3 is 0 Å². The molecular weight excluding hydrogens is 132 g/mol. The van der Waals surface area contributed by atoms with Crippen molar-refractivity contribution in [1.29, 1.82) is 0 Å². The minimum absolute atomic E-state index is 0.514. The van der Waals surface area contributed by atoms with Gasteiger partial charge in [-0.2, -0.15) is 0 Å². The second-order valence-corrected chi connectivity index (χ2v) is 2.75. The Morgan fingerprint density at radius 2 is 2.45 bits per heavy atom. The molecule has 0 heteroatoms. The first-order chi connectivity index (χ1) is 5.43. The third-order valence-corrected chi connectivity index (χ3v) is 1.77. The molecule has 0 nitrogen and oxygen atoms in total. The summed E-state index contributed by atoms with van der Waals surface area (Å²) < 4.78 is 0. The van der Waals surface area contributed by atoms with Crippen LogP contribution in [0.1, 0.15) is 26.2 Å². The molecule has 0 aromatic heterocycles. The monoisotopic (exact) mass is 146 g/mol. The molecule has 1 atom stereocenters. The summed E-state index contributed by atoms with van der Waals surface area (Å²) in [4.78, 5) is 0. The Kier molecular flexibility index (Phi) is 3.55. The molecule has 1 aliphatic carbocycles. The Morgan fingerprint density at radius 1 is 1.55 bits per heavy atom. The highest BCUT2D eigenvalue weighted by atomic mass is 14.1. The van der Waals surface area contributed by atoms with Gasteiger partial charge < -0.3 is 0 Å². The van der Waals surface area contributed by atoms with E-state index in [1.54, 1.807) is 0 Å². The summed E-state index contributed by atoms with van der Waals surface area (Å²) in [6, 6.07) is 0. The molecule has 0 aromatic carbocycles. The maximum Gasteiger partial charge on any atom is 0.0386 e. The van der Waals surface area contributed by atoms with E-state index in [9.17, 15) is 0 Å². The molecule has 0 N–H and O–H groups in total. The highest BCUT2D eigenvalue weighted by Gasteiger charge is 2.02. The van der Waals surface area contributed by atoms with Crippen molar-refractivity contribution in [3.63, 3.8) is 0 Å². The molecule has 0 bridgehead atoms. The van der Waals surface area contributed by atoms with Crippen LogP contribution in [0.2, 0.25) is 0 Å². The molecular formula is C11H14. The first-order valence-electron chi connectivity index (χ1n) is 4.22. The molecule has 0 amide bonds. The van der Waals surface area contributed by atoms with Gasteiger partial charge in [0.05, 0.1) is 0 Å². The van der Waals surface area contributed by atoms with E-state index in [1.807, 2.05) is 19.1 Å². The first kappa shape index (κ1) is 8.14. The lowest BCUT2D eigenvalue weighted by molar-refractivity contribution is 0.645. The van der Waals surface area contributed by atoms with Crippen molar-refractivity contribution in [2.24, 2.45) is 5.92 Å². The second kappa shape index (κ2) is 4.79. The van der Waals surface area contributed by atoms with Crippen LogP contribution in [-0.4, -0.2) is 0 Å². The van der Waals surface area contributed by atoms with Crippen LogP contribution in [0.5, 0.6) is 0 Å². The van der Waals surface area contributed by atoms with Gasteiger partial charge in [0.2, 0.25) is 0 Å². The fourth-order valence-electron chi connectivity index (χ4n) is 1.17. The third kappa shape index (κ3) is 3.09. The van der Waals surface area contributed by atoms with Crippen molar-refractivity contribution in [2.45, 2.75) is 26.2 Å². The van der Waals surface area contributed by atoms with Crippen molar-refractivity contribution in [3.05, 3.63) is 24.3 Å². The summed E-state index contributed by atoms with van der Waals surface area (Å²) in [5.41, 5.74) is 0. The van der Waals surface area contributed by atoms with E-state index >= 15 is 0 Å². The van der Waals surface area contributed by atoms with Crippen LogP contribution < -0.4 is 0 Å². The van der Waals surface area contributed by atoms with Gasteiger partial charge in [-0.25, -0.2) is 0 Å². The van der Waals surface area contributed by atoms with Crippen LogP contribution in [0.3, 0.4) is 0 Å². The maximum atomic E-state index is 3.20. The normalized spacial score (nSPS) is 23.2. The quantitative estimate of drug-likeness (QED) is 0.364. The average Bonchev–Trinajstić information content (AvgIpc) is 2.07. The molecule has 0 aromatic rings. The van der Waals surface area contributed by atoms with Crippen molar-refractivity contribution >= 4 is 0 Å². The standard InChI is InChI=1S/C11H14/c1-2-3-5-8-11-9-6-4-7-10-11/h2-3,6,9,11H,4,7,10H2,1H3. The molecule has 0 fully saturated rings. The zero-order chi connectivity index (χ0) is 7.94. The van der Waals surface area contributed by atoms with Crippen molar-refractivity contribution in [3.8, 4) is 11.8 Å². The number of hydrogen-bond acceptors (Lipinski definition) is 0. The lowest BCUT2D eigenvalue weighted by atomic mass is 9.97. The van der Waals surface area contributed by atoms with E-state index in [4.69, 9.17) is 0 Å². The Morgan fingerprint density at radius 3 is 3.09 bits per heavy atom. The predicted octanol–water partition coefficient (Wildman–Crippen LogP) is 2.92. The average molecular weight is 146 g/mol. The van der Waals surface area contributed by atoms with E-state index in [1.165, 1.54) is 19.3 Å². The SMILES string of the molecule is CC=CC#CC1C=CCCC1. The molecule has 0 saturated carbocycles. The van der Waals surface area contributed by atoms with Crippen LogP contribution in [0.15, 0.2) is 24.3 Å². The summed E-state index contributed by atoms with van der Waals surface area (Å²) in [7, 11) is 0. The van der Waals surface area contributed by atoms with Gasteiger partial charge in [0, 0.05) is 5.92 Å². The molecule has 0 aliphatic heterocycles. The Labute approximate surface area is 69.0 Å². The van der Waals surface area contributed by atoms with Crippen LogP contribution in [0.25, 0.3) is 0 Å². The van der Waals surface area contributed by atoms with E-state index in [0.29, 0.717) is 5.92 Å². The zero-order valence-corrected chi connectivity index (χ0v) is 7.01. The fourth-order valence-corrected chi connectivity index (χ4v) is 1.17. The minimum Gasteiger partial charge on any atom is -0.0910 e. The molecule has 0 heterocycles. The van der Waals surface area contributed by atoms with Gasteiger partial charge in [0.15, 0.2) is 0 Å². The van der Waals surface area contributed by atoms with E-state index in [0.717, 1.165) is 0 Å². The lowest BCUT2D eigenvalue weighted by Crippen LogP contribution is -1.96. The number of hydrogen-bond donors (Lipinski definition) is 0. The topological polar surface area (TPSA) is 0 Å². The summed E-state index contributed by atoms with van der Waals surface area (Å²) in [6.45, 7) is 1.99. The summed E-state index contributed by atoms with van der Waals surface area (Å²) >= 11 is 0. The highest BCUT2D eigenvalue weighted by Crippen LogP contribution is 2.15. The lowest BCUT2D eigenvalue weighted by Gasteiger charge is -2.08. The van der Waals surface area contributed by atoms with Gasteiger partial charge in [0.1, 0.15) is 0 Å². The molecule has 58 valence electrons. The molecule has 0 saturated heterocycles. The summed E-state index contributed by atoms with van der Waals surface area (Å²) in [5, 5.41) is 0. The zero-order valence-electron chi connectivity index (χ0n) is 7.01. The first-order valence-corrected chi connectivity index (χ1v) is 4.22. The molecule has 0 radical (unpaired) electrons. The van der Waals surface area contributed by atoms with Gasteiger partial charge in [-0.05, 0) is 32.3 Å². The molecule has 1 aliphatic rings. The van der Waals surface area contributed by atoms with Gasteiger partial charge in [-0.1, -0.05) is 30.1 Å². The van der Waals surface area contributed by atoms with Crippen LogP contribution in [-0.2, 0) is 0 Å². The predicted molar refractivity (Wildman–Crippen MR) is 49.1 cm³/mol. The van der Waals surface area contributed by atoms with Gasteiger partial charge in [-0.15, -0.1) is 0 Å². The summed E-state index contributed by atoms with van der Waals surface area (Å²) in [6.07, 6.45) is 12.1. The minimum atomic E-state index is 0.514. The third-order valence-electron chi connectivity index (χ3n) is 1.77. The van der Waals surface area contributed by atoms with Gasteiger partial charge in [0.25, 0.3) is 0 Å². The molecule has 1 unspecified atom stereocenters. The largest absolute Gasteiger partial charge is 0.0910 e. The van der Waals surface area contributed by atoms with Crippen LogP contribution in [0, 0.1) is 17.8 Å².